The van der Waals surface area contributed by atoms with Gasteiger partial charge in [0.05, 0.1) is 6.61 Å². The normalized spacial score (nSPS) is 15.1. The second kappa shape index (κ2) is 9.65. The summed E-state index contributed by atoms with van der Waals surface area (Å²) in [5.74, 6) is 2.23. The molecular formula is C26H27NO4S. The van der Waals surface area contributed by atoms with E-state index in [2.05, 4.69) is 29.6 Å². The van der Waals surface area contributed by atoms with Crippen LogP contribution in [0.5, 0.6) is 17.2 Å². The Hall–Kier alpha value is -2.99. The van der Waals surface area contributed by atoms with Crippen molar-refractivity contribution in [1.29, 1.82) is 0 Å². The zero-order valence-electron chi connectivity index (χ0n) is 18.0. The van der Waals surface area contributed by atoms with Crippen molar-refractivity contribution >= 4 is 17.2 Å². The zero-order valence-corrected chi connectivity index (χ0v) is 18.8. The second-order valence-corrected chi connectivity index (χ2v) is 9.30. The van der Waals surface area contributed by atoms with Gasteiger partial charge in [-0.3, -0.25) is 4.79 Å². The summed E-state index contributed by atoms with van der Waals surface area (Å²) in [6.45, 7) is 1.42. The monoisotopic (exact) mass is 449 g/mol. The Kier molecular flexibility index (Phi) is 6.30. The minimum absolute atomic E-state index is 0.0409. The molecule has 1 saturated carbocycles. The summed E-state index contributed by atoms with van der Waals surface area (Å²) in [6.07, 6.45) is 5.34. The summed E-state index contributed by atoms with van der Waals surface area (Å²) in [4.78, 5) is 16.9. The van der Waals surface area contributed by atoms with Crippen LogP contribution in [-0.2, 0) is 13.0 Å². The van der Waals surface area contributed by atoms with Gasteiger partial charge in [-0.1, -0.05) is 31.0 Å². The van der Waals surface area contributed by atoms with E-state index in [1.807, 2.05) is 29.2 Å². The Morgan fingerprint density at radius 3 is 2.75 bits per heavy atom. The minimum atomic E-state index is 0.0409. The van der Waals surface area contributed by atoms with Gasteiger partial charge in [0.1, 0.15) is 5.75 Å². The van der Waals surface area contributed by atoms with E-state index < -0.39 is 0 Å². The lowest BCUT2D eigenvalue weighted by atomic mass is 10.1. The molecular weight excluding hydrogens is 422 g/mol. The number of hydrogen-bond donors (Lipinski definition) is 0. The van der Waals surface area contributed by atoms with E-state index in [0.717, 1.165) is 30.6 Å². The molecule has 32 heavy (non-hydrogen) atoms. The smallest absolute Gasteiger partial charge is 0.254 e. The first kappa shape index (κ1) is 20.9. The van der Waals surface area contributed by atoms with Crippen molar-refractivity contribution in [2.75, 3.05) is 13.4 Å². The summed E-state index contributed by atoms with van der Waals surface area (Å²) in [7, 11) is 0. The van der Waals surface area contributed by atoms with E-state index in [4.69, 9.17) is 14.2 Å². The topological polar surface area (TPSA) is 48.0 Å². The van der Waals surface area contributed by atoms with Gasteiger partial charge < -0.3 is 19.1 Å². The highest BCUT2D eigenvalue weighted by atomic mass is 32.1. The number of nitrogens with zero attached hydrogens (tertiary/aromatic N) is 1. The highest BCUT2D eigenvalue weighted by Gasteiger charge is 2.28. The van der Waals surface area contributed by atoms with Crippen LogP contribution < -0.4 is 14.2 Å². The van der Waals surface area contributed by atoms with Crippen molar-refractivity contribution in [3.05, 3.63) is 76.0 Å². The van der Waals surface area contributed by atoms with Crippen LogP contribution in [0.3, 0.4) is 0 Å². The van der Waals surface area contributed by atoms with E-state index >= 15 is 0 Å². The van der Waals surface area contributed by atoms with E-state index in [-0.39, 0.29) is 18.7 Å². The molecule has 0 atom stereocenters. The Morgan fingerprint density at radius 2 is 1.91 bits per heavy atom. The maximum Gasteiger partial charge on any atom is 0.254 e. The number of carbonyl (C=O) groups excluding carboxylic acids is 1. The van der Waals surface area contributed by atoms with Gasteiger partial charge in [0.2, 0.25) is 6.79 Å². The molecule has 3 aromatic rings. The molecule has 6 heteroatoms. The average molecular weight is 450 g/mol. The first-order valence-corrected chi connectivity index (χ1v) is 12.1. The summed E-state index contributed by atoms with van der Waals surface area (Å²) >= 11 is 1.75. The van der Waals surface area contributed by atoms with Gasteiger partial charge in [0.25, 0.3) is 5.91 Å². The quantitative estimate of drug-likeness (QED) is 0.444. The molecule has 2 aliphatic rings. The highest BCUT2D eigenvalue weighted by Crippen LogP contribution is 2.34. The number of benzene rings is 2. The van der Waals surface area contributed by atoms with Crippen LogP contribution >= 0.6 is 11.3 Å². The van der Waals surface area contributed by atoms with Crippen LogP contribution in [0.2, 0.25) is 0 Å². The zero-order chi connectivity index (χ0) is 21.8. The van der Waals surface area contributed by atoms with Gasteiger partial charge in [-0.15, -0.1) is 11.3 Å². The van der Waals surface area contributed by atoms with Crippen LogP contribution in [0, 0.1) is 0 Å². The molecule has 5 nitrogen and oxygen atoms in total. The molecule has 1 amide bonds. The number of carbonyl (C=O) groups is 1. The van der Waals surface area contributed by atoms with Crippen LogP contribution in [0.25, 0.3) is 0 Å². The number of ether oxygens (including phenoxy) is 3. The molecule has 1 aromatic heterocycles. The highest BCUT2D eigenvalue weighted by molar-refractivity contribution is 7.09. The van der Waals surface area contributed by atoms with Gasteiger partial charge in [0.15, 0.2) is 11.5 Å². The Morgan fingerprint density at radius 1 is 1.03 bits per heavy atom. The Labute approximate surface area is 192 Å². The van der Waals surface area contributed by atoms with Gasteiger partial charge in [-0.05, 0) is 60.2 Å². The van der Waals surface area contributed by atoms with Crippen LogP contribution in [-0.4, -0.2) is 30.2 Å². The fourth-order valence-electron chi connectivity index (χ4n) is 4.43. The minimum Gasteiger partial charge on any atom is -0.493 e. The van der Waals surface area contributed by atoms with Gasteiger partial charge in [-0.25, -0.2) is 0 Å². The van der Waals surface area contributed by atoms with Crippen LogP contribution in [0.1, 0.15) is 46.5 Å². The molecule has 1 aliphatic carbocycles. The second-order valence-electron chi connectivity index (χ2n) is 8.26. The summed E-state index contributed by atoms with van der Waals surface area (Å²) in [6, 6.07) is 18.0. The molecule has 1 aliphatic heterocycles. The lowest BCUT2D eigenvalue weighted by molar-refractivity contribution is 0.0664. The molecule has 0 radical (unpaired) electrons. The molecule has 5 rings (SSSR count). The first-order valence-electron chi connectivity index (χ1n) is 11.2. The number of rotatable bonds is 8. The molecule has 2 aromatic carbocycles. The third-order valence-corrected chi connectivity index (χ3v) is 7.03. The van der Waals surface area contributed by atoms with E-state index in [1.165, 1.54) is 17.7 Å². The third-order valence-electron chi connectivity index (χ3n) is 6.09. The van der Waals surface area contributed by atoms with E-state index in [9.17, 15) is 4.79 Å². The Bertz CT molecular complexity index is 1060. The Balaban J connectivity index is 1.30. The predicted molar refractivity (Wildman–Crippen MR) is 125 cm³/mol. The van der Waals surface area contributed by atoms with Crippen molar-refractivity contribution in [3.8, 4) is 17.2 Å². The summed E-state index contributed by atoms with van der Waals surface area (Å²) < 4.78 is 16.9. The molecule has 0 spiro atoms. The lowest BCUT2D eigenvalue weighted by Crippen LogP contribution is -2.38. The fraction of sp³-hybridized carbons (Fsp3) is 0.346. The van der Waals surface area contributed by atoms with E-state index in [0.29, 0.717) is 30.2 Å². The van der Waals surface area contributed by atoms with Gasteiger partial charge >= 0.3 is 0 Å². The molecule has 0 N–H and O–H groups in total. The number of amides is 1. The van der Waals surface area contributed by atoms with Crippen molar-refractivity contribution in [1.82, 2.24) is 4.90 Å². The van der Waals surface area contributed by atoms with Crippen molar-refractivity contribution in [2.24, 2.45) is 0 Å². The van der Waals surface area contributed by atoms with Gasteiger partial charge in [-0.2, -0.15) is 0 Å². The maximum absolute atomic E-state index is 13.5. The standard InChI is InChI=1S/C26H27NO4S/c28-26(20-10-11-24-25(16-20)31-18-30-24)27(21-6-1-2-7-21)17-19-5-3-8-22(15-19)29-13-12-23-9-4-14-32-23/h3-5,8-11,14-16,21H,1-2,6-7,12-13,17-18H2. The SMILES string of the molecule is O=C(c1ccc2c(c1)OCO2)N(Cc1cccc(OCCc2cccs2)c1)C1CCCC1. The largest absolute Gasteiger partial charge is 0.493 e. The number of fused-ring (bicyclic) bond motifs is 1. The fourth-order valence-corrected chi connectivity index (χ4v) is 5.12. The van der Waals surface area contributed by atoms with Crippen LogP contribution in [0.15, 0.2) is 60.0 Å². The third kappa shape index (κ3) is 4.75. The lowest BCUT2D eigenvalue weighted by Gasteiger charge is -2.29. The molecule has 0 unspecified atom stereocenters. The van der Waals surface area contributed by atoms with Gasteiger partial charge in [0, 0.05) is 29.4 Å². The van der Waals surface area contributed by atoms with E-state index in [1.54, 1.807) is 17.4 Å². The number of thiophene rings is 1. The molecule has 1 fully saturated rings. The number of hydrogen-bond acceptors (Lipinski definition) is 5. The molecule has 166 valence electrons. The first-order chi connectivity index (χ1) is 15.8. The maximum atomic E-state index is 13.5. The molecule has 0 bridgehead atoms. The van der Waals surface area contributed by atoms with Crippen molar-refractivity contribution in [2.45, 2.75) is 44.7 Å². The molecule has 2 heterocycles. The van der Waals surface area contributed by atoms with Crippen LogP contribution in [0.4, 0.5) is 0 Å². The summed E-state index contributed by atoms with van der Waals surface area (Å²) in [5.41, 5.74) is 1.73. The van der Waals surface area contributed by atoms with Crippen molar-refractivity contribution < 1.29 is 19.0 Å². The predicted octanol–water partition coefficient (Wildman–Crippen LogP) is 5.68. The average Bonchev–Trinajstić information content (AvgIpc) is 3.60. The van der Waals surface area contributed by atoms with Crippen molar-refractivity contribution in [3.63, 3.8) is 0 Å². The molecule has 0 saturated heterocycles. The summed E-state index contributed by atoms with van der Waals surface area (Å²) in [5, 5.41) is 2.09.